The molecule has 1 unspecified atom stereocenters. The molecule has 1 heterocycles. The molecule has 3 amide bonds. The van der Waals surface area contributed by atoms with Crippen molar-refractivity contribution in [1.82, 2.24) is 10.6 Å². The van der Waals surface area contributed by atoms with Gasteiger partial charge in [0.1, 0.15) is 0 Å². The van der Waals surface area contributed by atoms with Crippen LogP contribution in [0.1, 0.15) is 65.7 Å². The van der Waals surface area contributed by atoms with Crippen LogP contribution in [0.25, 0.3) is 0 Å². The van der Waals surface area contributed by atoms with Gasteiger partial charge in [-0.3, -0.25) is 14.4 Å². The highest BCUT2D eigenvalue weighted by molar-refractivity contribution is 5.97. The average Bonchev–Trinajstić information content (AvgIpc) is 3.41. The second kappa shape index (κ2) is 12.4. The number of carbonyl (C=O) groups excluding carboxylic acids is 3. The van der Waals surface area contributed by atoms with Crippen molar-refractivity contribution < 1.29 is 19.1 Å². The van der Waals surface area contributed by atoms with Crippen molar-refractivity contribution >= 4 is 29.1 Å². The highest BCUT2D eigenvalue weighted by Crippen LogP contribution is 2.18. The van der Waals surface area contributed by atoms with Crippen LogP contribution >= 0.6 is 0 Å². The number of anilines is 2. The summed E-state index contributed by atoms with van der Waals surface area (Å²) in [7, 11) is 0. The summed E-state index contributed by atoms with van der Waals surface area (Å²) >= 11 is 0. The molecule has 2 fully saturated rings. The summed E-state index contributed by atoms with van der Waals surface area (Å²) in [6.07, 6.45) is 7.73. The van der Waals surface area contributed by atoms with Crippen LogP contribution in [0.5, 0.6) is 0 Å². The molecule has 2 aromatic rings. The van der Waals surface area contributed by atoms with Crippen LogP contribution < -0.4 is 21.3 Å². The molecule has 1 aliphatic heterocycles. The Kier molecular flexibility index (Phi) is 8.73. The lowest BCUT2D eigenvalue weighted by Crippen LogP contribution is -2.36. The van der Waals surface area contributed by atoms with Crippen LogP contribution in [-0.2, 0) is 9.53 Å². The van der Waals surface area contributed by atoms with Gasteiger partial charge in [-0.1, -0.05) is 25.3 Å². The van der Waals surface area contributed by atoms with Crippen LogP contribution in [0.2, 0.25) is 0 Å². The van der Waals surface area contributed by atoms with E-state index in [-0.39, 0.29) is 36.4 Å². The Balaban J connectivity index is 1.21. The van der Waals surface area contributed by atoms with E-state index in [1.165, 1.54) is 6.42 Å². The van der Waals surface area contributed by atoms with E-state index in [1.54, 1.807) is 42.5 Å². The summed E-state index contributed by atoms with van der Waals surface area (Å²) in [6.45, 7) is 1.30. The smallest absolute Gasteiger partial charge is 0.251 e. The Morgan fingerprint density at radius 2 is 1.63 bits per heavy atom. The summed E-state index contributed by atoms with van der Waals surface area (Å²) in [4.78, 5) is 37.3. The van der Waals surface area contributed by atoms with Crippen LogP contribution in [-0.4, -0.2) is 49.6 Å². The lowest BCUT2D eigenvalue weighted by Gasteiger charge is -2.22. The van der Waals surface area contributed by atoms with Crippen molar-refractivity contribution in [2.45, 2.75) is 57.1 Å². The first-order chi connectivity index (χ1) is 17.1. The summed E-state index contributed by atoms with van der Waals surface area (Å²) < 4.78 is 5.53. The maximum absolute atomic E-state index is 12.4. The topological polar surface area (TPSA) is 109 Å². The molecule has 0 spiro atoms. The summed E-state index contributed by atoms with van der Waals surface area (Å²) in [5.41, 5.74) is 2.41. The molecule has 0 aromatic heterocycles. The highest BCUT2D eigenvalue weighted by Gasteiger charge is 2.18. The molecule has 1 saturated heterocycles. The van der Waals surface area contributed by atoms with E-state index in [0.29, 0.717) is 29.0 Å². The minimum atomic E-state index is -0.224. The van der Waals surface area contributed by atoms with Gasteiger partial charge in [-0.15, -0.1) is 0 Å². The molecule has 0 radical (unpaired) electrons. The Morgan fingerprint density at radius 3 is 2.37 bits per heavy atom. The number of ether oxygens (including phenoxy) is 1. The van der Waals surface area contributed by atoms with Gasteiger partial charge in [0.15, 0.2) is 0 Å². The maximum atomic E-state index is 12.4. The standard InChI is InChI=1S/C27H34N4O4/c32-25(30-22-13-11-19(12-14-22)27(34)31-21-7-2-1-3-8-21)18-28-23-9-4-6-20(16-23)26(33)29-17-24-10-5-15-35-24/h4,6,9,11-14,16,21,24,28H,1-3,5,7-8,10,15,17-18H2,(H,29,33)(H,30,32)(H,31,34). The Hall–Kier alpha value is -3.39. The highest BCUT2D eigenvalue weighted by atomic mass is 16.5. The largest absolute Gasteiger partial charge is 0.376 e. The number of carbonyl (C=O) groups is 3. The van der Waals surface area contributed by atoms with Crippen LogP contribution in [0.4, 0.5) is 11.4 Å². The van der Waals surface area contributed by atoms with Crippen molar-refractivity contribution in [3.63, 3.8) is 0 Å². The van der Waals surface area contributed by atoms with Gasteiger partial charge in [0, 0.05) is 41.7 Å². The predicted molar refractivity (Wildman–Crippen MR) is 136 cm³/mol. The molecule has 8 nitrogen and oxygen atoms in total. The zero-order valence-electron chi connectivity index (χ0n) is 20.0. The van der Waals surface area contributed by atoms with Crippen molar-refractivity contribution in [2.75, 3.05) is 30.3 Å². The molecule has 4 N–H and O–H groups in total. The molecule has 35 heavy (non-hydrogen) atoms. The molecular formula is C27H34N4O4. The molecule has 8 heteroatoms. The Morgan fingerprint density at radius 1 is 0.829 bits per heavy atom. The Labute approximate surface area is 206 Å². The summed E-state index contributed by atoms with van der Waals surface area (Å²) in [5.74, 6) is -0.463. The minimum Gasteiger partial charge on any atom is -0.376 e. The van der Waals surface area contributed by atoms with Gasteiger partial charge in [-0.05, 0) is 68.1 Å². The van der Waals surface area contributed by atoms with Gasteiger partial charge in [-0.2, -0.15) is 0 Å². The number of hydrogen-bond acceptors (Lipinski definition) is 5. The third kappa shape index (κ3) is 7.55. The van der Waals surface area contributed by atoms with Gasteiger partial charge >= 0.3 is 0 Å². The van der Waals surface area contributed by atoms with Gasteiger partial charge in [0.2, 0.25) is 5.91 Å². The van der Waals surface area contributed by atoms with Gasteiger partial charge < -0.3 is 26.0 Å². The zero-order chi connectivity index (χ0) is 24.5. The van der Waals surface area contributed by atoms with E-state index < -0.39 is 0 Å². The molecule has 4 rings (SSSR count). The molecule has 2 aromatic carbocycles. The predicted octanol–water partition coefficient (Wildman–Crippen LogP) is 3.71. The van der Waals surface area contributed by atoms with E-state index in [0.717, 1.165) is 45.1 Å². The van der Waals surface area contributed by atoms with Crippen molar-refractivity contribution in [3.05, 3.63) is 59.7 Å². The fraction of sp³-hybridized carbons (Fsp3) is 0.444. The number of rotatable bonds is 9. The van der Waals surface area contributed by atoms with Gasteiger partial charge in [-0.25, -0.2) is 0 Å². The summed E-state index contributed by atoms with van der Waals surface area (Å²) in [6, 6.07) is 14.2. The maximum Gasteiger partial charge on any atom is 0.251 e. The van der Waals surface area contributed by atoms with E-state index in [4.69, 9.17) is 4.74 Å². The number of amides is 3. The fourth-order valence-corrected chi connectivity index (χ4v) is 4.49. The van der Waals surface area contributed by atoms with Crippen molar-refractivity contribution in [1.29, 1.82) is 0 Å². The van der Waals surface area contributed by atoms with E-state index in [1.807, 2.05) is 6.07 Å². The molecule has 0 bridgehead atoms. The van der Waals surface area contributed by atoms with Crippen molar-refractivity contribution in [3.8, 4) is 0 Å². The second-order valence-corrected chi connectivity index (χ2v) is 9.21. The fourth-order valence-electron chi connectivity index (χ4n) is 4.49. The van der Waals surface area contributed by atoms with E-state index >= 15 is 0 Å². The minimum absolute atomic E-state index is 0.0465. The third-order valence-electron chi connectivity index (χ3n) is 6.46. The quantitative estimate of drug-likeness (QED) is 0.439. The SMILES string of the molecule is O=C(CNc1cccc(C(=O)NCC2CCCO2)c1)Nc1ccc(C(=O)NC2CCCCC2)cc1. The molecule has 1 atom stereocenters. The van der Waals surface area contributed by atoms with Gasteiger partial charge in [0.05, 0.1) is 12.6 Å². The van der Waals surface area contributed by atoms with Crippen LogP contribution in [0.15, 0.2) is 48.5 Å². The first-order valence-electron chi connectivity index (χ1n) is 12.5. The zero-order valence-corrected chi connectivity index (χ0v) is 20.0. The lowest BCUT2D eigenvalue weighted by atomic mass is 9.95. The second-order valence-electron chi connectivity index (χ2n) is 9.21. The molecule has 1 aliphatic carbocycles. The van der Waals surface area contributed by atoms with E-state index in [2.05, 4.69) is 21.3 Å². The number of hydrogen-bond donors (Lipinski definition) is 4. The van der Waals surface area contributed by atoms with Gasteiger partial charge in [0.25, 0.3) is 11.8 Å². The first-order valence-corrected chi connectivity index (χ1v) is 12.5. The average molecular weight is 479 g/mol. The Bertz CT molecular complexity index is 1010. The number of nitrogens with one attached hydrogen (secondary N) is 4. The molecule has 2 aliphatic rings. The summed E-state index contributed by atoms with van der Waals surface area (Å²) in [5, 5.41) is 11.9. The molecule has 186 valence electrons. The normalized spacial score (nSPS) is 18.0. The number of benzene rings is 2. The van der Waals surface area contributed by atoms with Crippen LogP contribution in [0.3, 0.4) is 0 Å². The molecule has 1 saturated carbocycles. The van der Waals surface area contributed by atoms with Crippen molar-refractivity contribution in [2.24, 2.45) is 0 Å². The molecular weight excluding hydrogens is 444 g/mol. The first kappa shape index (κ1) is 24.7. The van der Waals surface area contributed by atoms with E-state index in [9.17, 15) is 14.4 Å². The third-order valence-corrected chi connectivity index (χ3v) is 6.46. The lowest BCUT2D eigenvalue weighted by molar-refractivity contribution is -0.114. The van der Waals surface area contributed by atoms with Crippen LogP contribution in [0, 0.1) is 0 Å². The monoisotopic (exact) mass is 478 g/mol.